The number of aromatic nitrogens is 1. The van der Waals surface area contributed by atoms with Gasteiger partial charge in [-0.25, -0.2) is 22.2 Å². The van der Waals surface area contributed by atoms with E-state index in [4.69, 9.17) is 11.6 Å². The highest BCUT2D eigenvalue weighted by molar-refractivity contribution is 7.92. The van der Waals surface area contributed by atoms with Crippen LogP contribution >= 0.6 is 11.6 Å². The summed E-state index contributed by atoms with van der Waals surface area (Å²) in [6, 6.07) is 3.86. The highest BCUT2D eigenvalue weighted by Gasteiger charge is 2.19. The lowest BCUT2D eigenvalue weighted by atomic mass is 10.3. The molecule has 1 heterocycles. The Bertz CT molecular complexity index is 746. The van der Waals surface area contributed by atoms with Crippen molar-refractivity contribution in [2.75, 3.05) is 4.72 Å². The molecule has 20 heavy (non-hydrogen) atoms. The largest absolute Gasteiger partial charge is 0.276 e. The van der Waals surface area contributed by atoms with Crippen LogP contribution in [0.25, 0.3) is 0 Å². The first-order valence-corrected chi connectivity index (χ1v) is 7.26. The minimum Gasteiger partial charge on any atom is -0.276 e. The van der Waals surface area contributed by atoms with E-state index in [1.54, 1.807) is 13.0 Å². The topological polar surface area (TPSA) is 59.1 Å². The molecule has 0 unspecified atom stereocenters. The van der Waals surface area contributed by atoms with E-state index >= 15 is 0 Å². The van der Waals surface area contributed by atoms with Crippen LogP contribution in [-0.2, 0) is 10.0 Å². The molecule has 0 radical (unpaired) electrons. The van der Waals surface area contributed by atoms with Gasteiger partial charge < -0.3 is 0 Å². The Labute approximate surface area is 119 Å². The molecule has 0 atom stereocenters. The zero-order chi connectivity index (χ0) is 14.9. The minimum absolute atomic E-state index is 0.0313. The predicted molar refractivity (Wildman–Crippen MR) is 71.2 cm³/mol. The molecular formula is C12H9ClF2N2O2S. The Morgan fingerprint density at radius 1 is 1.20 bits per heavy atom. The molecule has 1 aromatic heterocycles. The Balaban J connectivity index is 2.43. The molecule has 0 bridgehead atoms. The van der Waals surface area contributed by atoms with Gasteiger partial charge in [-0.2, -0.15) is 0 Å². The van der Waals surface area contributed by atoms with Gasteiger partial charge >= 0.3 is 0 Å². The van der Waals surface area contributed by atoms with Crippen molar-refractivity contribution in [2.45, 2.75) is 11.8 Å². The van der Waals surface area contributed by atoms with Crippen LogP contribution in [-0.4, -0.2) is 13.4 Å². The molecule has 0 fully saturated rings. The lowest BCUT2D eigenvalue weighted by molar-refractivity contribution is 0.504. The molecular weight excluding hydrogens is 310 g/mol. The molecule has 0 saturated heterocycles. The van der Waals surface area contributed by atoms with Gasteiger partial charge in [0.05, 0.1) is 10.6 Å². The molecule has 8 heteroatoms. The summed E-state index contributed by atoms with van der Waals surface area (Å²) in [4.78, 5) is 3.35. The summed E-state index contributed by atoms with van der Waals surface area (Å²) < 4.78 is 52.3. The van der Waals surface area contributed by atoms with Crippen molar-refractivity contribution < 1.29 is 17.2 Å². The van der Waals surface area contributed by atoms with Gasteiger partial charge in [0.2, 0.25) is 0 Å². The summed E-state index contributed by atoms with van der Waals surface area (Å²) in [5, 5.41) is -0.0313. The standard InChI is InChI=1S/C12H9ClF2N2O2S/c1-7-4-5-16-12(13)11(7)17-20(18,19)8-2-3-9(14)10(15)6-8/h2-6,17H,1H3. The number of aryl methyl sites for hydroxylation is 1. The third kappa shape index (κ3) is 2.88. The Kier molecular flexibility index (Phi) is 3.92. The van der Waals surface area contributed by atoms with Gasteiger partial charge in [-0.3, -0.25) is 4.72 Å². The number of sulfonamides is 1. The number of hydrogen-bond donors (Lipinski definition) is 1. The zero-order valence-corrected chi connectivity index (χ0v) is 11.8. The fourth-order valence-electron chi connectivity index (χ4n) is 1.48. The van der Waals surface area contributed by atoms with Crippen molar-refractivity contribution in [3.8, 4) is 0 Å². The molecule has 1 aromatic carbocycles. The fourth-order valence-corrected chi connectivity index (χ4v) is 2.94. The first kappa shape index (κ1) is 14.7. The van der Waals surface area contributed by atoms with Crippen LogP contribution in [0.2, 0.25) is 5.15 Å². The van der Waals surface area contributed by atoms with Crippen LogP contribution in [0.5, 0.6) is 0 Å². The molecule has 0 spiro atoms. The zero-order valence-electron chi connectivity index (χ0n) is 10.2. The van der Waals surface area contributed by atoms with Gasteiger partial charge in [0.15, 0.2) is 16.8 Å². The van der Waals surface area contributed by atoms with Crippen molar-refractivity contribution >= 4 is 27.3 Å². The van der Waals surface area contributed by atoms with Crippen LogP contribution in [0, 0.1) is 18.6 Å². The van der Waals surface area contributed by atoms with Gasteiger partial charge in [0.1, 0.15) is 0 Å². The molecule has 0 aliphatic carbocycles. The van der Waals surface area contributed by atoms with E-state index in [9.17, 15) is 17.2 Å². The van der Waals surface area contributed by atoms with E-state index in [2.05, 4.69) is 9.71 Å². The van der Waals surface area contributed by atoms with E-state index < -0.39 is 26.6 Å². The Morgan fingerprint density at radius 2 is 1.90 bits per heavy atom. The van der Waals surface area contributed by atoms with Crippen molar-refractivity contribution in [1.82, 2.24) is 4.98 Å². The number of nitrogens with one attached hydrogen (secondary N) is 1. The molecule has 0 saturated carbocycles. The first-order valence-electron chi connectivity index (χ1n) is 5.40. The molecule has 2 aromatic rings. The van der Waals surface area contributed by atoms with E-state index in [0.717, 1.165) is 12.1 Å². The third-order valence-electron chi connectivity index (χ3n) is 2.55. The smallest absolute Gasteiger partial charge is 0.262 e. The number of halogens is 3. The van der Waals surface area contributed by atoms with Crippen molar-refractivity contribution in [1.29, 1.82) is 0 Å². The number of anilines is 1. The van der Waals surface area contributed by atoms with Gasteiger partial charge in [-0.15, -0.1) is 0 Å². The number of hydrogen-bond acceptors (Lipinski definition) is 3. The van der Waals surface area contributed by atoms with Crippen molar-refractivity contribution in [3.63, 3.8) is 0 Å². The van der Waals surface area contributed by atoms with Crippen LogP contribution < -0.4 is 4.72 Å². The SMILES string of the molecule is Cc1ccnc(Cl)c1NS(=O)(=O)c1ccc(F)c(F)c1. The van der Waals surface area contributed by atoms with E-state index in [-0.39, 0.29) is 10.8 Å². The third-order valence-corrected chi connectivity index (χ3v) is 4.18. The molecule has 1 N–H and O–H groups in total. The van der Waals surface area contributed by atoms with Gasteiger partial charge in [-0.1, -0.05) is 11.6 Å². The maximum atomic E-state index is 13.1. The number of nitrogens with zero attached hydrogens (tertiary/aromatic N) is 1. The molecule has 0 aliphatic rings. The van der Waals surface area contributed by atoms with Gasteiger partial charge in [-0.05, 0) is 36.8 Å². The van der Waals surface area contributed by atoms with Crippen LogP contribution in [0.1, 0.15) is 5.56 Å². The Hall–Kier alpha value is -1.73. The summed E-state index contributed by atoms with van der Waals surface area (Å²) in [5.74, 6) is -2.37. The van der Waals surface area contributed by atoms with Crippen LogP contribution in [0.3, 0.4) is 0 Å². The summed E-state index contributed by atoms with van der Waals surface area (Å²) in [7, 11) is -4.08. The lowest BCUT2D eigenvalue weighted by Gasteiger charge is -2.11. The minimum atomic E-state index is -4.08. The second-order valence-electron chi connectivity index (χ2n) is 3.98. The maximum absolute atomic E-state index is 13.1. The first-order chi connectivity index (χ1) is 9.31. The highest BCUT2D eigenvalue weighted by atomic mass is 35.5. The van der Waals surface area contributed by atoms with Gasteiger partial charge in [0, 0.05) is 6.20 Å². The second kappa shape index (κ2) is 5.34. The summed E-state index contributed by atoms with van der Waals surface area (Å²) in [6.45, 7) is 1.64. The summed E-state index contributed by atoms with van der Waals surface area (Å²) in [5.41, 5.74) is 0.648. The van der Waals surface area contributed by atoms with E-state index in [1.807, 2.05) is 0 Å². The lowest BCUT2D eigenvalue weighted by Crippen LogP contribution is -2.15. The monoisotopic (exact) mass is 318 g/mol. The maximum Gasteiger partial charge on any atom is 0.262 e. The number of pyridine rings is 1. The fraction of sp³-hybridized carbons (Fsp3) is 0.0833. The molecule has 4 nitrogen and oxygen atoms in total. The molecule has 0 aliphatic heterocycles. The quantitative estimate of drug-likeness (QED) is 0.885. The average Bonchev–Trinajstić information content (AvgIpc) is 2.37. The average molecular weight is 319 g/mol. The van der Waals surface area contributed by atoms with E-state index in [1.165, 1.54) is 6.20 Å². The number of rotatable bonds is 3. The highest BCUT2D eigenvalue weighted by Crippen LogP contribution is 2.26. The summed E-state index contributed by atoms with van der Waals surface area (Å²) in [6.07, 6.45) is 1.42. The van der Waals surface area contributed by atoms with E-state index in [0.29, 0.717) is 11.6 Å². The molecule has 0 amide bonds. The molecule has 106 valence electrons. The normalized spacial score (nSPS) is 11.4. The van der Waals surface area contributed by atoms with Gasteiger partial charge in [0.25, 0.3) is 10.0 Å². The number of benzene rings is 1. The molecule has 2 rings (SSSR count). The Morgan fingerprint density at radius 3 is 2.50 bits per heavy atom. The van der Waals surface area contributed by atoms with Crippen molar-refractivity contribution in [2.24, 2.45) is 0 Å². The van der Waals surface area contributed by atoms with Crippen LogP contribution in [0.4, 0.5) is 14.5 Å². The van der Waals surface area contributed by atoms with Crippen LogP contribution in [0.15, 0.2) is 35.4 Å². The predicted octanol–water partition coefficient (Wildman–Crippen LogP) is 3.12. The van der Waals surface area contributed by atoms with Crippen molar-refractivity contribution in [3.05, 3.63) is 52.8 Å². The summed E-state index contributed by atoms with van der Waals surface area (Å²) >= 11 is 5.81. The second-order valence-corrected chi connectivity index (χ2v) is 6.02.